The lowest BCUT2D eigenvalue weighted by Crippen LogP contribution is -2.27. The van der Waals surface area contributed by atoms with Crippen molar-refractivity contribution in [3.63, 3.8) is 0 Å². The molecule has 1 unspecified atom stereocenters. The summed E-state index contributed by atoms with van der Waals surface area (Å²) < 4.78 is 45.1. The van der Waals surface area contributed by atoms with Gasteiger partial charge in [-0.1, -0.05) is 0 Å². The fourth-order valence-corrected chi connectivity index (χ4v) is 3.85. The van der Waals surface area contributed by atoms with E-state index in [1.807, 2.05) is 0 Å². The Morgan fingerprint density at radius 2 is 2.11 bits per heavy atom. The Labute approximate surface area is 118 Å². The van der Waals surface area contributed by atoms with Crippen LogP contribution in [0.15, 0.2) is 50.4 Å². The molecule has 2 aromatic rings. The highest BCUT2D eigenvalue weighted by atomic mass is 79.9. The van der Waals surface area contributed by atoms with Crippen molar-refractivity contribution in [2.75, 3.05) is 0 Å². The number of halogens is 2. The van der Waals surface area contributed by atoms with Crippen LogP contribution in [0.5, 0.6) is 0 Å². The molecule has 7 heteroatoms. The van der Waals surface area contributed by atoms with Gasteiger partial charge in [-0.3, -0.25) is 0 Å². The van der Waals surface area contributed by atoms with E-state index in [4.69, 9.17) is 4.42 Å². The Bertz CT molecular complexity index is 670. The van der Waals surface area contributed by atoms with Gasteiger partial charge >= 0.3 is 0 Å². The number of hydrogen-bond donors (Lipinski definition) is 1. The van der Waals surface area contributed by atoms with Gasteiger partial charge in [-0.2, -0.15) is 0 Å². The molecular weight excluding hydrogens is 337 g/mol. The maximum absolute atomic E-state index is 13.0. The van der Waals surface area contributed by atoms with Crippen molar-refractivity contribution in [1.82, 2.24) is 4.72 Å². The number of rotatable bonds is 4. The minimum atomic E-state index is -3.76. The van der Waals surface area contributed by atoms with Gasteiger partial charge in [0.2, 0.25) is 10.0 Å². The van der Waals surface area contributed by atoms with E-state index in [2.05, 4.69) is 20.7 Å². The molecule has 19 heavy (non-hydrogen) atoms. The summed E-state index contributed by atoms with van der Waals surface area (Å²) in [6.45, 7) is 1.66. The fraction of sp³-hybridized carbons (Fsp3) is 0.167. The Morgan fingerprint density at radius 1 is 1.37 bits per heavy atom. The normalized spacial score (nSPS) is 13.4. The molecule has 1 N–H and O–H groups in total. The standard InChI is InChI=1S/C12H11BrFNO3S/c1-8(11-3-2-6-18-11)15-19(16,17)12-5-4-9(14)7-10(12)13/h2-8,15H,1H3. The van der Waals surface area contributed by atoms with Crippen molar-refractivity contribution < 1.29 is 17.2 Å². The second kappa shape index (κ2) is 5.44. The Hall–Kier alpha value is -1.18. The molecular formula is C12H11BrFNO3S. The van der Waals surface area contributed by atoms with E-state index in [1.54, 1.807) is 19.1 Å². The third-order valence-corrected chi connectivity index (χ3v) is 5.00. The fourth-order valence-electron chi connectivity index (χ4n) is 1.59. The molecule has 1 heterocycles. The van der Waals surface area contributed by atoms with Crippen molar-refractivity contribution in [2.45, 2.75) is 17.9 Å². The topological polar surface area (TPSA) is 59.3 Å². The lowest BCUT2D eigenvalue weighted by Gasteiger charge is -2.13. The van der Waals surface area contributed by atoms with Gasteiger partial charge < -0.3 is 4.42 Å². The summed E-state index contributed by atoms with van der Waals surface area (Å²) in [6, 6.07) is 6.23. The summed E-state index contributed by atoms with van der Waals surface area (Å²) >= 11 is 3.04. The van der Waals surface area contributed by atoms with Crippen LogP contribution in [0.4, 0.5) is 4.39 Å². The number of benzene rings is 1. The second-order valence-corrected chi connectivity index (χ2v) is 6.47. The maximum atomic E-state index is 13.0. The molecule has 1 atom stereocenters. The lowest BCUT2D eigenvalue weighted by atomic mass is 10.3. The van der Waals surface area contributed by atoms with Crippen LogP contribution < -0.4 is 4.72 Å². The number of hydrogen-bond acceptors (Lipinski definition) is 3. The van der Waals surface area contributed by atoms with Gasteiger partial charge in [0.05, 0.1) is 17.2 Å². The average Bonchev–Trinajstić information content (AvgIpc) is 2.80. The molecule has 0 radical (unpaired) electrons. The number of furan rings is 1. The third kappa shape index (κ3) is 3.23. The monoisotopic (exact) mass is 347 g/mol. The summed E-state index contributed by atoms with van der Waals surface area (Å²) in [5.41, 5.74) is 0. The molecule has 4 nitrogen and oxygen atoms in total. The number of sulfonamides is 1. The van der Waals surface area contributed by atoms with Crippen LogP contribution in [0.25, 0.3) is 0 Å². The van der Waals surface area contributed by atoms with Crippen LogP contribution in [0, 0.1) is 5.82 Å². The second-order valence-electron chi connectivity index (χ2n) is 3.93. The quantitative estimate of drug-likeness (QED) is 0.923. The highest BCUT2D eigenvalue weighted by Crippen LogP contribution is 2.24. The molecule has 102 valence electrons. The van der Waals surface area contributed by atoms with E-state index < -0.39 is 21.9 Å². The summed E-state index contributed by atoms with van der Waals surface area (Å²) in [6.07, 6.45) is 1.47. The van der Waals surface area contributed by atoms with Crippen LogP contribution in [0.1, 0.15) is 18.7 Å². The molecule has 0 bridgehead atoms. The summed E-state index contributed by atoms with van der Waals surface area (Å²) in [5, 5.41) is 0. The Balaban J connectivity index is 2.28. The van der Waals surface area contributed by atoms with E-state index in [0.717, 1.165) is 12.1 Å². The molecule has 0 aliphatic carbocycles. The van der Waals surface area contributed by atoms with E-state index in [1.165, 1.54) is 12.3 Å². The molecule has 0 spiro atoms. The zero-order valence-electron chi connectivity index (χ0n) is 9.93. The largest absolute Gasteiger partial charge is 0.468 e. The SMILES string of the molecule is CC(NS(=O)(=O)c1ccc(F)cc1Br)c1ccco1. The molecule has 1 aromatic heterocycles. The maximum Gasteiger partial charge on any atom is 0.242 e. The highest BCUT2D eigenvalue weighted by molar-refractivity contribution is 9.10. The molecule has 0 amide bonds. The Morgan fingerprint density at radius 3 is 2.68 bits per heavy atom. The molecule has 2 rings (SSSR count). The summed E-state index contributed by atoms with van der Waals surface area (Å²) in [5.74, 6) is -0.00767. The van der Waals surface area contributed by atoms with Crippen LogP contribution in [-0.2, 0) is 10.0 Å². The van der Waals surface area contributed by atoms with Crippen LogP contribution in [0.2, 0.25) is 0 Å². The average molecular weight is 348 g/mol. The first-order valence-corrected chi connectivity index (χ1v) is 7.68. The van der Waals surface area contributed by atoms with Crippen LogP contribution in [-0.4, -0.2) is 8.42 Å². The van der Waals surface area contributed by atoms with Gasteiger partial charge in [0.1, 0.15) is 11.6 Å². The van der Waals surface area contributed by atoms with Crippen molar-refractivity contribution in [2.24, 2.45) is 0 Å². The minimum absolute atomic E-state index is 0.0210. The first kappa shape index (κ1) is 14.2. The first-order valence-electron chi connectivity index (χ1n) is 5.41. The van der Waals surface area contributed by atoms with Gasteiger partial charge in [0.15, 0.2) is 0 Å². The van der Waals surface area contributed by atoms with E-state index in [9.17, 15) is 12.8 Å². The lowest BCUT2D eigenvalue weighted by molar-refractivity contribution is 0.459. The smallest absolute Gasteiger partial charge is 0.242 e. The molecule has 0 aliphatic heterocycles. The zero-order valence-corrected chi connectivity index (χ0v) is 12.3. The summed E-state index contributed by atoms with van der Waals surface area (Å²) in [4.78, 5) is -0.0210. The predicted molar refractivity (Wildman–Crippen MR) is 71.5 cm³/mol. The highest BCUT2D eigenvalue weighted by Gasteiger charge is 2.22. The molecule has 0 aliphatic rings. The Kier molecular flexibility index (Phi) is 4.07. The summed E-state index contributed by atoms with van der Waals surface area (Å²) in [7, 11) is -3.76. The van der Waals surface area contributed by atoms with Crippen LogP contribution >= 0.6 is 15.9 Å². The van der Waals surface area contributed by atoms with Crippen molar-refractivity contribution >= 4 is 26.0 Å². The van der Waals surface area contributed by atoms with Gasteiger partial charge in [0.25, 0.3) is 0 Å². The van der Waals surface area contributed by atoms with Crippen molar-refractivity contribution in [3.05, 3.63) is 52.6 Å². The van der Waals surface area contributed by atoms with Crippen molar-refractivity contribution in [1.29, 1.82) is 0 Å². The molecule has 1 aromatic carbocycles. The zero-order chi connectivity index (χ0) is 14.0. The molecule has 0 fully saturated rings. The van der Waals surface area contributed by atoms with E-state index in [-0.39, 0.29) is 9.37 Å². The number of nitrogens with one attached hydrogen (secondary N) is 1. The first-order chi connectivity index (χ1) is 8.90. The predicted octanol–water partition coefficient (Wildman–Crippen LogP) is 3.22. The minimum Gasteiger partial charge on any atom is -0.468 e. The van der Waals surface area contributed by atoms with E-state index in [0.29, 0.717) is 5.76 Å². The van der Waals surface area contributed by atoms with Gasteiger partial charge in [-0.05, 0) is 53.2 Å². The molecule has 0 saturated heterocycles. The molecule has 0 saturated carbocycles. The van der Waals surface area contributed by atoms with Gasteiger partial charge in [-0.25, -0.2) is 17.5 Å². The van der Waals surface area contributed by atoms with E-state index >= 15 is 0 Å². The van der Waals surface area contributed by atoms with Crippen molar-refractivity contribution in [3.8, 4) is 0 Å². The van der Waals surface area contributed by atoms with Crippen LogP contribution in [0.3, 0.4) is 0 Å². The van der Waals surface area contributed by atoms with Gasteiger partial charge in [0, 0.05) is 4.47 Å². The third-order valence-electron chi connectivity index (χ3n) is 2.49. The van der Waals surface area contributed by atoms with Gasteiger partial charge in [-0.15, -0.1) is 0 Å².